The highest BCUT2D eigenvalue weighted by molar-refractivity contribution is 5.45. The summed E-state index contributed by atoms with van der Waals surface area (Å²) in [7, 11) is 0. The summed E-state index contributed by atoms with van der Waals surface area (Å²) in [4.78, 5) is 7.74. The van der Waals surface area contributed by atoms with Crippen molar-refractivity contribution in [3.63, 3.8) is 0 Å². The van der Waals surface area contributed by atoms with Crippen molar-refractivity contribution in [1.82, 2.24) is 20.8 Å². The Bertz CT molecular complexity index is 863. The van der Waals surface area contributed by atoms with Gasteiger partial charge in [0.15, 0.2) is 0 Å². The molecule has 0 spiro atoms. The standard InChI is InChI=1S/C22H31F4N7/c1-2-7-17(8-6-12-27)33-31-15-21(23,24)14-29-19-10-5-11-20(32-19)30-16-22(25,26)18-9-3-4-13-28-18/h3-5,7,9-11,13,31,33H,2,6,8,12,14-16,27H2,1H3,(H2,29,30,32)/b17-7-. The molecule has 0 aliphatic rings. The second-order valence-corrected chi connectivity index (χ2v) is 7.40. The summed E-state index contributed by atoms with van der Waals surface area (Å²) >= 11 is 0. The third-order valence-corrected chi connectivity index (χ3v) is 4.51. The molecule has 7 nitrogen and oxygen atoms in total. The van der Waals surface area contributed by atoms with E-state index in [1.807, 2.05) is 13.0 Å². The van der Waals surface area contributed by atoms with Crippen LogP contribution in [0.5, 0.6) is 0 Å². The fourth-order valence-electron chi connectivity index (χ4n) is 2.83. The third kappa shape index (κ3) is 9.62. The van der Waals surface area contributed by atoms with Gasteiger partial charge in [-0.05, 0) is 50.1 Å². The van der Waals surface area contributed by atoms with Crippen LogP contribution in [-0.2, 0) is 5.92 Å². The predicted octanol–water partition coefficient (Wildman–Crippen LogP) is 3.85. The number of allylic oxidation sites excluding steroid dienone is 2. The second kappa shape index (κ2) is 12.9. The molecule has 0 amide bonds. The van der Waals surface area contributed by atoms with Crippen LogP contribution in [0.1, 0.15) is 31.9 Å². The highest BCUT2D eigenvalue weighted by Crippen LogP contribution is 2.26. The molecule has 0 fully saturated rings. The van der Waals surface area contributed by atoms with E-state index in [1.165, 1.54) is 36.5 Å². The van der Waals surface area contributed by atoms with Crippen molar-refractivity contribution in [3.05, 3.63) is 60.1 Å². The summed E-state index contributed by atoms with van der Waals surface area (Å²) in [6.07, 6.45) is 5.40. The lowest BCUT2D eigenvalue weighted by Gasteiger charge is -2.20. The molecular weight excluding hydrogens is 438 g/mol. The number of rotatable bonds is 15. The van der Waals surface area contributed by atoms with Gasteiger partial charge in [0, 0.05) is 11.9 Å². The minimum atomic E-state index is -3.21. The zero-order chi connectivity index (χ0) is 24.2. The molecule has 11 heteroatoms. The van der Waals surface area contributed by atoms with Gasteiger partial charge in [-0.15, -0.1) is 0 Å². The molecule has 182 valence electrons. The number of nitrogens with one attached hydrogen (secondary N) is 4. The van der Waals surface area contributed by atoms with Gasteiger partial charge in [-0.3, -0.25) is 4.98 Å². The first-order valence-corrected chi connectivity index (χ1v) is 10.8. The fourth-order valence-corrected chi connectivity index (χ4v) is 2.83. The number of nitrogens with two attached hydrogens (primary N) is 1. The van der Waals surface area contributed by atoms with Crippen molar-refractivity contribution >= 4 is 11.6 Å². The molecule has 6 N–H and O–H groups in total. The Hall–Kier alpha value is -2.92. The van der Waals surface area contributed by atoms with E-state index in [4.69, 9.17) is 5.73 Å². The number of hydrogen-bond donors (Lipinski definition) is 5. The molecule has 0 aromatic carbocycles. The number of halogens is 4. The number of alkyl halides is 4. The van der Waals surface area contributed by atoms with Gasteiger partial charge < -0.3 is 21.8 Å². The molecule has 0 aliphatic carbocycles. The van der Waals surface area contributed by atoms with Gasteiger partial charge in [0.05, 0.1) is 19.6 Å². The van der Waals surface area contributed by atoms with E-state index in [2.05, 4.69) is 31.5 Å². The SMILES string of the molecule is CC/C=C(/CCCN)NNCC(F)(F)CNc1cccc(NCC(F)(F)c2ccccn2)n1. The van der Waals surface area contributed by atoms with Crippen LogP contribution in [0, 0.1) is 0 Å². The molecule has 2 heterocycles. The highest BCUT2D eigenvalue weighted by atomic mass is 19.3. The van der Waals surface area contributed by atoms with Crippen LogP contribution in [0.3, 0.4) is 0 Å². The van der Waals surface area contributed by atoms with Gasteiger partial charge in [0.1, 0.15) is 17.3 Å². The van der Waals surface area contributed by atoms with Crippen molar-refractivity contribution in [3.8, 4) is 0 Å². The van der Waals surface area contributed by atoms with Gasteiger partial charge in [-0.2, -0.15) is 8.78 Å². The molecule has 0 aliphatic heterocycles. The largest absolute Gasteiger partial charge is 0.364 e. The number of nitrogens with zero attached hydrogens (tertiary/aromatic N) is 2. The number of pyridine rings is 2. The highest BCUT2D eigenvalue weighted by Gasteiger charge is 2.33. The van der Waals surface area contributed by atoms with Crippen LogP contribution in [0.25, 0.3) is 0 Å². The number of anilines is 2. The summed E-state index contributed by atoms with van der Waals surface area (Å²) in [5.41, 5.74) is 11.3. The first-order chi connectivity index (χ1) is 15.8. The van der Waals surface area contributed by atoms with E-state index in [0.717, 1.165) is 18.5 Å². The Morgan fingerprint density at radius 1 is 1.00 bits per heavy atom. The van der Waals surface area contributed by atoms with E-state index in [-0.39, 0.29) is 17.3 Å². The zero-order valence-corrected chi connectivity index (χ0v) is 18.6. The molecule has 0 unspecified atom stereocenters. The van der Waals surface area contributed by atoms with Gasteiger partial charge >= 0.3 is 5.92 Å². The Balaban J connectivity index is 1.83. The molecule has 2 aromatic rings. The first-order valence-electron chi connectivity index (χ1n) is 10.8. The van der Waals surface area contributed by atoms with Crippen LogP contribution < -0.4 is 27.2 Å². The molecule has 0 saturated carbocycles. The van der Waals surface area contributed by atoms with Gasteiger partial charge in [0.2, 0.25) is 0 Å². The summed E-state index contributed by atoms with van der Waals surface area (Å²) < 4.78 is 57.0. The van der Waals surface area contributed by atoms with E-state index < -0.39 is 31.5 Å². The summed E-state index contributed by atoms with van der Waals surface area (Å²) in [5.74, 6) is -6.03. The van der Waals surface area contributed by atoms with Crippen molar-refractivity contribution in [2.75, 3.05) is 36.8 Å². The average Bonchev–Trinajstić information content (AvgIpc) is 2.81. The molecule has 0 saturated heterocycles. The van der Waals surface area contributed by atoms with E-state index in [0.29, 0.717) is 13.0 Å². The lowest BCUT2D eigenvalue weighted by atomic mass is 10.2. The zero-order valence-electron chi connectivity index (χ0n) is 18.6. The van der Waals surface area contributed by atoms with E-state index >= 15 is 0 Å². The first kappa shape index (κ1) is 26.3. The van der Waals surface area contributed by atoms with Gasteiger partial charge in [-0.25, -0.2) is 19.2 Å². The van der Waals surface area contributed by atoms with Crippen molar-refractivity contribution < 1.29 is 17.6 Å². The lowest BCUT2D eigenvalue weighted by molar-refractivity contribution is 0.00590. The van der Waals surface area contributed by atoms with Crippen molar-refractivity contribution in [2.45, 2.75) is 38.0 Å². The maximum absolute atomic E-state index is 14.2. The topological polar surface area (TPSA) is 99.9 Å². The second-order valence-electron chi connectivity index (χ2n) is 7.40. The summed E-state index contributed by atoms with van der Waals surface area (Å²) in [5, 5.41) is 5.08. The number of hydrazine groups is 1. The van der Waals surface area contributed by atoms with Crippen molar-refractivity contribution in [1.29, 1.82) is 0 Å². The van der Waals surface area contributed by atoms with Gasteiger partial charge in [0.25, 0.3) is 5.92 Å². The maximum Gasteiger partial charge on any atom is 0.306 e. The van der Waals surface area contributed by atoms with E-state index in [1.54, 1.807) is 6.07 Å². The molecule has 33 heavy (non-hydrogen) atoms. The molecule has 0 bridgehead atoms. The predicted molar refractivity (Wildman–Crippen MR) is 122 cm³/mol. The molecule has 0 atom stereocenters. The summed E-state index contributed by atoms with van der Waals surface area (Å²) in [6.45, 7) is 0.447. The lowest BCUT2D eigenvalue weighted by Crippen LogP contribution is -2.44. The van der Waals surface area contributed by atoms with Crippen LogP contribution in [0.15, 0.2) is 54.4 Å². The molecule has 2 aromatic heterocycles. The van der Waals surface area contributed by atoms with Crippen LogP contribution in [0.2, 0.25) is 0 Å². The van der Waals surface area contributed by atoms with Crippen LogP contribution >= 0.6 is 0 Å². The molecule has 2 rings (SSSR count). The van der Waals surface area contributed by atoms with Crippen LogP contribution in [0.4, 0.5) is 29.2 Å². The fraction of sp³-hybridized carbons (Fsp3) is 0.455. The van der Waals surface area contributed by atoms with Crippen molar-refractivity contribution in [2.24, 2.45) is 5.73 Å². The molecular formula is C22H31F4N7. The minimum absolute atomic E-state index is 0.132. The Labute approximate surface area is 191 Å². The Kier molecular flexibility index (Phi) is 10.3. The monoisotopic (exact) mass is 469 g/mol. The summed E-state index contributed by atoms with van der Waals surface area (Å²) in [6, 6.07) is 8.76. The maximum atomic E-state index is 14.2. The van der Waals surface area contributed by atoms with Gasteiger partial charge in [-0.1, -0.05) is 25.1 Å². The van der Waals surface area contributed by atoms with Crippen LogP contribution in [-0.4, -0.2) is 42.1 Å². The molecule has 0 radical (unpaired) electrons. The average molecular weight is 470 g/mol. The number of aromatic nitrogens is 2. The Morgan fingerprint density at radius 3 is 2.36 bits per heavy atom. The van der Waals surface area contributed by atoms with E-state index in [9.17, 15) is 17.6 Å². The quantitative estimate of drug-likeness (QED) is 0.200. The smallest absolute Gasteiger partial charge is 0.306 e. The number of hydrogen-bond acceptors (Lipinski definition) is 7. The Morgan fingerprint density at radius 2 is 1.73 bits per heavy atom. The third-order valence-electron chi connectivity index (χ3n) is 4.51. The minimum Gasteiger partial charge on any atom is -0.364 e. The normalized spacial score (nSPS) is 12.5.